The normalized spacial score (nSPS) is 19.4. The first-order valence-electron chi connectivity index (χ1n) is 7.24. The average molecular weight is 310 g/mol. The van der Waals surface area contributed by atoms with Crippen LogP contribution in [0.5, 0.6) is 0 Å². The molecule has 0 aliphatic carbocycles. The molecule has 1 aromatic carbocycles. The second kappa shape index (κ2) is 5.09. The highest BCUT2D eigenvalue weighted by molar-refractivity contribution is 7.91. The second-order valence-electron chi connectivity index (χ2n) is 6.06. The van der Waals surface area contributed by atoms with Gasteiger partial charge in [0.1, 0.15) is 15.7 Å². The summed E-state index contributed by atoms with van der Waals surface area (Å²) in [6.07, 6.45) is 2.64. The van der Waals surface area contributed by atoms with Gasteiger partial charge >= 0.3 is 0 Å². The monoisotopic (exact) mass is 310 g/mol. The third-order valence-electron chi connectivity index (χ3n) is 4.22. The molecule has 0 atom stereocenters. The summed E-state index contributed by atoms with van der Waals surface area (Å²) >= 11 is 0. The van der Waals surface area contributed by atoms with Gasteiger partial charge in [0.2, 0.25) is 0 Å². The second-order valence-corrected chi connectivity index (χ2v) is 8.37. The van der Waals surface area contributed by atoms with Crippen molar-refractivity contribution < 1.29 is 12.8 Å². The number of fused-ring (bicyclic) bond motifs is 1. The summed E-state index contributed by atoms with van der Waals surface area (Å²) in [6, 6.07) is 3.57. The standard InChI is InChI=1S/C15H19FN2O2S/c1-10(2)11-7-14(16)13-9-17-18(15(13)8-11)12-3-5-21(19,20)6-4-12/h7-10,12H,3-6H2,1-2H3. The molecule has 1 aliphatic heterocycles. The Balaban J connectivity index is 2.03. The van der Waals surface area contributed by atoms with Crippen LogP contribution in [0.2, 0.25) is 0 Å². The van der Waals surface area contributed by atoms with Crippen molar-refractivity contribution in [2.75, 3.05) is 11.5 Å². The molecule has 0 saturated carbocycles. The Bertz CT molecular complexity index is 766. The molecule has 21 heavy (non-hydrogen) atoms. The minimum absolute atomic E-state index is 0.0350. The smallest absolute Gasteiger partial charge is 0.150 e. The Morgan fingerprint density at radius 1 is 1.29 bits per heavy atom. The van der Waals surface area contributed by atoms with Crippen molar-refractivity contribution >= 4 is 20.7 Å². The van der Waals surface area contributed by atoms with Crippen molar-refractivity contribution in [2.24, 2.45) is 0 Å². The lowest BCUT2D eigenvalue weighted by atomic mass is 10.0. The summed E-state index contributed by atoms with van der Waals surface area (Å²) in [5.41, 5.74) is 1.70. The predicted octanol–water partition coefficient (Wildman–Crippen LogP) is 3.05. The molecular weight excluding hydrogens is 291 g/mol. The third kappa shape index (κ3) is 2.69. The van der Waals surface area contributed by atoms with Crippen LogP contribution in [0.1, 0.15) is 44.2 Å². The zero-order valence-electron chi connectivity index (χ0n) is 12.2. The van der Waals surface area contributed by atoms with Crippen molar-refractivity contribution in [2.45, 2.75) is 38.6 Å². The van der Waals surface area contributed by atoms with Gasteiger partial charge in [-0.2, -0.15) is 5.10 Å². The number of nitrogens with zero attached hydrogens (tertiary/aromatic N) is 2. The Labute approximate surface area is 123 Å². The van der Waals surface area contributed by atoms with Crippen LogP contribution in [-0.4, -0.2) is 29.7 Å². The number of hydrogen-bond acceptors (Lipinski definition) is 3. The van der Waals surface area contributed by atoms with Crippen LogP contribution in [-0.2, 0) is 9.84 Å². The maximum Gasteiger partial charge on any atom is 0.150 e. The maximum absolute atomic E-state index is 14.2. The van der Waals surface area contributed by atoms with E-state index in [9.17, 15) is 12.8 Å². The molecule has 114 valence electrons. The van der Waals surface area contributed by atoms with Gasteiger partial charge in [-0.25, -0.2) is 12.8 Å². The first-order chi connectivity index (χ1) is 9.87. The molecule has 0 N–H and O–H groups in total. The highest BCUT2D eigenvalue weighted by atomic mass is 32.2. The maximum atomic E-state index is 14.2. The van der Waals surface area contributed by atoms with Crippen molar-refractivity contribution in [1.82, 2.24) is 9.78 Å². The Morgan fingerprint density at radius 2 is 1.95 bits per heavy atom. The summed E-state index contributed by atoms with van der Waals surface area (Å²) < 4.78 is 39.0. The molecule has 1 aliphatic rings. The van der Waals surface area contributed by atoms with E-state index in [-0.39, 0.29) is 29.3 Å². The number of aromatic nitrogens is 2. The summed E-state index contributed by atoms with van der Waals surface area (Å²) in [6.45, 7) is 4.04. The predicted molar refractivity (Wildman–Crippen MR) is 80.7 cm³/mol. The molecule has 0 bridgehead atoms. The molecule has 6 heteroatoms. The Kier molecular flexibility index (Phi) is 3.51. The van der Waals surface area contributed by atoms with Crippen LogP contribution in [0.25, 0.3) is 10.9 Å². The molecule has 3 rings (SSSR count). The van der Waals surface area contributed by atoms with E-state index in [0.717, 1.165) is 11.1 Å². The SMILES string of the molecule is CC(C)c1cc(F)c2cnn(C3CCS(=O)(=O)CC3)c2c1. The first kappa shape index (κ1) is 14.5. The molecule has 1 fully saturated rings. The quantitative estimate of drug-likeness (QED) is 0.856. The van der Waals surface area contributed by atoms with Crippen LogP contribution in [0.15, 0.2) is 18.3 Å². The number of hydrogen-bond donors (Lipinski definition) is 0. The fourth-order valence-electron chi connectivity index (χ4n) is 2.87. The minimum atomic E-state index is -2.90. The lowest BCUT2D eigenvalue weighted by molar-refractivity contribution is 0.424. The van der Waals surface area contributed by atoms with Crippen molar-refractivity contribution in [3.8, 4) is 0 Å². The van der Waals surface area contributed by atoms with Crippen molar-refractivity contribution in [3.05, 3.63) is 29.7 Å². The lowest BCUT2D eigenvalue weighted by Gasteiger charge is -2.23. The molecule has 0 unspecified atom stereocenters. The van der Waals surface area contributed by atoms with E-state index in [1.165, 1.54) is 6.20 Å². The highest BCUT2D eigenvalue weighted by Crippen LogP contribution is 2.30. The fraction of sp³-hybridized carbons (Fsp3) is 0.533. The Hall–Kier alpha value is -1.43. The van der Waals surface area contributed by atoms with Gasteiger partial charge in [-0.3, -0.25) is 4.68 Å². The zero-order valence-corrected chi connectivity index (χ0v) is 13.0. The van der Waals surface area contributed by atoms with Crippen molar-refractivity contribution in [1.29, 1.82) is 0 Å². The largest absolute Gasteiger partial charge is 0.262 e. The van der Waals surface area contributed by atoms with Gasteiger partial charge in [0, 0.05) is 0 Å². The molecule has 1 saturated heterocycles. The number of benzene rings is 1. The van der Waals surface area contributed by atoms with E-state index in [4.69, 9.17) is 0 Å². The van der Waals surface area contributed by atoms with Gasteiger partial charge in [-0.15, -0.1) is 0 Å². The van der Waals surface area contributed by atoms with Gasteiger partial charge in [-0.05, 0) is 36.5 Å². The average Bonchev–Trinajstić information content (AvgIpc) is 2.83. The topological polar surface area (TPSA) is 52.0 Å². The third-order valence-corrected chi connectivity index (χ3v) is 5.94. The molecule has 0 amide bonds. The Morgan fingerprint density at radius 3 is 2.57 bits per heavy atom. The van der Waals surface area contributed by atoms with Gasteiger partial charge in [0.05, 0.1) is 34.6 Å². The molecule has 0 radical (unpaired) electrons. The van der Waals surface area contributed by atoms with E-state index in [1.54, 1.807) is 10.7 Å². The lowest BCUT2D eigenvalue weighted by Crippen LogP contribution is -2.26. The molecular formula is C15H19FN2O2S. The number of rotatable bonds is 2. The van der Waals surface area contributed by atoms with Crippen LogP contribution in [0.3, 0.4) is 0 Å². The summed E-state index contributed by atoms with van der Waals surface area (Å²) in [5, 5.41) is 4.82. The summed E-state index contributed by atoms with van der Waals surface area (Å²) in [7, 11) is -2.90. The highest BCUT2D eigenvalue weighted by Gasteiger charge is 2.26. The fourth-order valence-corrected chi connectivity index (χ4v) is 4.34. The first-order valence-corrected chi connectivity index (χ1v) is 9.06. The van der Waals surface area contributed by atoms with Gasteiger partial charge in [0.15, 0.2) is 0 Å². The summed E-state index contributed by atoms with van der Waals surface area (Å²) in [4.78, 5) is 0. The van der Waals surface area contributed by atoms with E-state index in [1.807, 2.05) is 19.9 Å². The molecule has 2 heterocycles. The van der Waals surface area contributed by atoms with E-state index in [0.29, 0.717) is 18.2 Å². The van der Waals surface area contributed by atoms with Crippen LogP contribution in [0, 0.1) is 5.82 Å². The van der Waals surface area contributed by atoms with E-state index in [2.05, 4.69) is 5.10 Å². The van der Waals surface area contributed by atoms with Gasteiger partial charge < -0.3 is 0 Å². The van der Waals surface area contributed by atoms with Crippen LogP contribution in [0.4, 0.5) is 4.39 Å². The van der Waals surface area contributed by atoms with Crippen molar-refractivity contribution in [3.63, 3.8) is 0 Å². The van der Waals surface area contributed by atoms with E-state index >= 15 is 0 Å². The molecule has 2 aromatic rings. The van der Waals surface area contributed by atoms with E-state index < -0.39 is 9.84 Å². The molecule has 0 spiro atoms. The van der Waals surface area contributed by atoms with Gasteiger partial charge in [0.25, 0.3) is 0 Å². The minimum Gasteiger partial charge on any atom is -0.262 e. The summed E-state index contributed by atoms with van der Waals surface area (Å²) in [5.74, 6) is 0.348. The van der Waals surface area contributed by atoms with Crippen LogP contribution < -0.4 is 0 Å². The molecule has 4 nitrogen and oxygen atoms in total. The van der Waals surface area contributed by atoms with Gasteiger partial charge in [-0.1, -0.05) is 13.8 Å². The molecule has 1 aromatic heterocycles. The number of sulfone groups is 1. The number of halogens is 1. The zero-order chi connectivity index (χ0) is 15.2. The van der Waals surface area contributed by atoms with Crippen LogP contribution >= 0.6 is 0 Å².